The van der Waals surface area contributed by atoms with Crippen LogP contribution in [0, 0.1) is 0 Å². The third-order valence-corrected chi connectivity index (χ3v) is 7.20. The van der Waals surface area contributed by atoms with Crippen LogP contribution in [0.3, 0.4) is 0 Å². The van der Waals surface area contributed by atoms with Gasteiger partial charge in [0.2, 0.25) is 0 Å². The van der Waals surface area contributed by atoms with Crippen LogP contribution in [0.4, 0.5) is 5.13 Å². The zero-order valence-corrected chi connectivity index (χ0v) is 22.0. The van der Waals surface area contributed by atoms with Gasteiger partial charge < -0.3 is 19.3 Å². The molecule has 4 aromatic rings. The van der Waals surface area contributed by atoms with Crippen LogP contribution in [0.5, 0.6) is 17.2 Å². The van der Waals surface area contributed by atoms with Gasteiger partial charge in [-0.3, -0.25) is 14.5 Å². The molecular formula is C29H26N2O6S. The van der Waals surface area contributed by atoms with Gasteiger partial charge in [-0.2, -0.15) is 0 Å². The van der Waals surface area contributed by atoms with Crippen molar-refractivity contribution in [3.8, 4) is 17.2 Å². The Bertz CT molecular complexity index is 1530. The molecule has 0 aliphatic carbocycles. The Hall–Kier alpha value is -4.37. The number of carbonyl (C=O) groups is 2. The van der Waals surface area contributed by atoms with Crippen molar-refractivity contribution in [3.63, 3.8) is 0 Å². The summed E-state index contributed by atoms with van der Waals surface area (Å²) >= 11 is 1.27. The highest BCUT2D eigenvalue weighted by atomic mass is 32.1. The summed E-state index contributed by atoms with van der Waals surface area (Å²) in [5.74, 6) is 0.141. The average molecular weight is 531 g/mol. The van der Waals surface area contributed by atoms with Gasteiger partial charge in [-0.25, -0.2) is 4.98 Å². The topological polar surface area (TPSA) is 98.2 Å². The van der Waals surface area contributed by atoms with Crippen molar-refractivity contribution < 1.29 is 28.9 Å². The lowest BCUT2D eigenvalue weighted by atomic mass is 9.95. The van der Waals surface area contributed by atoms with Crippen molar-refractivity contribution in [2.75, 3.05) is 25.2 Å². The normalized spacial score (nSPS) is 16.7. The molecule has 1 fully saturated rings. The summed E-state index contributed by atoms with van der Waals surface area (Å²) in [4.78, 5) is 32.9. The van der Waals surface area contributed by atoms with E-state index in [1.54, 1.807) is 67.8 Å². The van der Waals surface area contributed by atoms with Gasteiger partial charge in [0.1, 0.15) is 23.0 Å². The van der Waals surface area contributed by atoms with Crippen LogP contribution >= 0.6 is 11.3 Å². The molecule has 1 saturated heterocycles. The monoisotopic (exact) mass is 530 g/mol. The highest BCUT2D eigenvalue weighted by molar-refractivity contribution is 7.22. The quantitative estimate of drug-likeness (QED) is 0.177. The van der Waals surface area contributed by atoms with Crippen LogP contribution in [-0.4, -0.2) is 42.1 Å². The van der Waals surface area contributed by atoms with Crippen LogP contribution in [0.25, 0.3) is 16.0 Å². The summed E-state index contributed by atoms with van der Waals surface area (Å²) in [6.07, 6.45) is 0. The van der Waals surface area contributed by atoms with Gasteiger partial charge in [0.25, 0.3) is 5.78 Å². The molecule has 0 radical (unpaired) electrons. The molecule has 38 heavy (non-hydrogen) atoms. The molecular weight excluding hydrogens is 504 g/mol. The number of Topliss-reactive ketones (excluding diaryl/α,β-unsaturated/α-hetero) is 1. The van der Waals surface area contributed by atoms with E-state index in [1.165, 1.54) is 16.2 Å². The van der Waals surface area contributed by atoms with Gasteiger partial charge in [0, 0.05) is 5.56 Å². The van der Waals surface area contributed by atoms with Gasteiger partial charge >= 0.3 is 5.91 Å². The molecule has 1 atom stereocenters. The number of thiazole rings is 1. The predicted molar refractivity (Wildman–Crippen MR) is 146 cm³/mol. The number of hydrogen-bond acceptors (Lipinski definition) is 8. The van der Waals surface area contributed by atoms with Crippen LogP contribution in [0.2, 0.25) is 0 Å². The molecule has 3 aromatic carbocycles. The van der Waals surface area contributed by atoms with Crippen molar-refractivity contribution in [1.82, 2.24) is 4.98 Å². The lowest BCUT2D eigenvalue weighted by molar-refractivity contribution is -0.132. The van der Waals surface area contributed by atoms with E-state index in [4.69, 9.17) is 14.2 Å². The number of ketones is 1. The molecule has 1 N–H and O–H groups in total. The number of fused-ring (bicyclic) bond motifs is 1. The smallest absolute Gasteiger partial charge is 0.301 e. The molecule has 1 unspecified atom stereocenters. The second kappa shape index (κ2) is 10.5. The molecule has 1 amide bonds. The van der Waals surface area contributed by atoms with Crippen molar-refractivity contribution in [3.05, 3.63) is 83.4 Å². The van der Waals surface area contributed by atoms with Gasteiger partial charge in [-0.15, -0.1) is 0 Å². The van der Waals surface area contributed by atoms with Gasteiger partial charge in [-0.1, -0.05) is 23.5 Å². The first-order valence-electron chi connectivity index (χ1n) is 12.2. The molecule has 194 valence electrons. The maximum absolute atomic E-state index is 13.5. The van der Waals surface area contributed by atoms with E-state index < -0.39 is 17.7 Å². The summed E-state index contributed by atoms with van der Waals surface area (Å²) < 4.78 is 17.2. The third kappa shape index (κ3) is 4.56. The molecule has 9 heteroatoms. The minimum Gasteiger partial charge on any atom is -0.507 e. The van der Waals surface area contributed by atoms with E-state index >= 15 is 0 Å². The van der Waals surface area contributed by atoms with Crippen LogP contribution in [0.1, 0.15) is 31.0 Å². The molecule has 2 heterocycles. The minimum atomic E-state index is -0.889. The van der Waals surface area contributed by atoms with Crippen LogP contribution < -0.4 is 19.1 Å². The van der Waals surface area contributed by atoms with Crippen LogP contribution in [0.15, 0.2) is 72.3 Å². The fraction of sp³-hybridized carbons (Fsp3) is 0.207. The fourth-order valence-corrected chi connectivity index (χ4v) is 5.43. The fourth-order valence-electron chi connectivity index (χ4n) is 4.41. The Morgan fingerprint density at radius 1 is 0.921 bits per heavy atom. The van der Waals surface area contributed by atoms with Crippen LogP contribution in [-0.2, 0) is 9.59 Å². The van der Waals surface area contributed by atoms with Crippen molar-refractivity contribution in [2.24, 2.45) is 0 Å². The standard InChI is InChI=1S/C29H26N2O6S/c1-4-36-19-10-6-17(7-11-19)25-24(26(32)18-8-12-20(13-9-18)37-5-2)27(33)28(34)31(25)29-30-22-15-14-21(35-3)16-23(22)38-29/h6-16,25,32H,4-5H2,1-3H3. The van der Waals surface area contributed by atoms with Gasteiger partial charge in [-0.05, 0) is 74.0 Å². The van der Waals surface area contributed by atoms with E-state index in [-0.39, 0.29) is 11.3 Å². The van der Waals surface area contributed by atoms with E-state index in [2.05, 4.69) is 4.98 Å². The molecule has 8 nitrogen and oxygen atoms in total. The number of amides is 1. The number of aliphatic hydroxyl groups excluding tert-OH is 1. The largest absolute Gasteiger partial charge is 0.507 e. The average Bonchev–Trinajstić information content (AvgIpc) is 3.47. The number of aliphatic hydroxyl groups is 1. The molecule has 1 aliphatic rings. The SMILES string of the molecule is CCOc1ccc(C(O)=C2C(=O)C(=O)N(c3nc4ccc(OC)cc4s3)C2c2ccc(OCC)cc2)cc1. The summed E-state index contributed by atoms with van der Waals surface area (Å²) in [5.41, 5.74) is 1.69. The Morgan fingerprint density at radius 2 is 1.53 bits per heavy atom. The summed E-state index contributed by atoms with van der Waals surface area (Å²) in [7, 11) is 1.58. The number of aromatic nitrogens is 1. The lowest BCUT2D eigenvalue weighted by Gasteiger charge is -2.23. The first-order chi connectivity index (χ1) is 18.4. The minimum absolute atomic E-state index is 0.0137. The summed E-state index contributed by atoms with van der Waals surface area (Å²) in [5, 5.41) is 11.7. The highest BCUT2D eigenvalue weighted by Gasteiger charge is 2.48. The number of hydrogen-bond donors (Lipinski definition) is 1. The van der Waals surface area contributed by atoms with E-state index in [9.17, 15) is 14.7 Å². The van der Waals surface area contributed by atoms with E-state index in [0.717, 1.165) is 4.70 Å². The summed E-state index contributed by atoms with van der Waals surface area (Å²) in [6, 6.07) is 18.4. The molecule has 5 rings (SSSR count). The maximum atomic E-state index is 13.5. The highest BCUT2D eigenvalue weighted by Crippen LogP contribution is 2.45. The Labute approximate surface area is 223 Å². The number of methoxy groups -OCH3 is 1. The molecule has 1 aromatic heterocycles. The molecule has 0 spiro atoms. The number of carbonyl (C=O) groups excluding carboxylic acids is 2. The zero-order valence-electron chi connectivity index (χ0n) is 21.1. The lowest BCUT2D eigenvalue weighted by Crippen LogP contribution is -2.29. The molecule has 0 saturated carbocycles. The third-order valence-electron chi connectivity index (χ3n) is 6.18. The molecule has 0 bridgehead atoms. The number of rotatable bonds is 8. The summed E-state index contributed by atoms with van der Waals surface area (Å²) in [6.45, 7) is 4.78. The van der Waals surface area contributed by atoms with Crippen molar-refractivity contribution in [2.45, 2.75) is 19.9 Å². The zero-order chi connectivity index (χ0) is 26.8. The first-order valence-corrected chi connectivity index (χ1v) is 13.0. The Balaban J connectivity index is 1.66. The first kappa shape index (κ1) is 25.3. The number of anilines is 1. The Morgan fingerprint density at radius 3 is 2.13 bits per heavy atom. The van der Waals surface area contributed by atoms with Crippen molar-refractivity contribution in [1.29, 1.82) is 0 Å². The number of nitrogens with zero attached hydrogens (tertiary/aromatic N) is 2. The molecule has 1 aliphatic heterocycles. The van der Waals surface area contributed by atoms with Crippen molar-refractivity contribution >= 4 is 44.1 Å². The number of benzene rings is 3. The van der Waals surface area contributed by atoms with E-state index in [0.29, 0.717) is 52.2 Å². The second-order valence-corrected chi connectivity index (χ2v) is 9.47. The van der Waals surface area contributed by atoms with Gasteiger partial charge in [0.15, 0.2) is 5.13 Å². The Kier molecular flexibility index (Phi) is 7.02. The van der Waals surface area contributed by atoms with E-state index in [1.807, 2.05) is 19.9 Å². The maximum Gasteiger partial charge on any atom is 0.301 e. The second-order valence-electron chi connectivity index (χ2n) is 8.46. The predicted octanol–water partition coefficient (Wildman–Crippen LogP) is 5.73. The van der Waals surface area contributed by atoms with Gasteiger partial charge in [0.05, 0.1) is 42.2 Å². The number of ether oxygens (including phenoxy) is 3.